The summed E-state index contributed by atoms with van der Waals surface area (Å²) in [5, 5.41) is 0. The van der Waals surface area contributed by atoms with E-state index in [0.717, 1.165) is 0 Å². The zero-order valence-corrected chi connectivity index (χ0v) is 29.4. The van der Waals surface area contributed by atoms with Gasteiger partial charge in [0, 0.05) is 4.43 Å². The van der Waals surface area contributed by atoms with Gasteiger partial charge >= 0.3 is 16.2 Å². The van der Waals surface area contributed by atoms with Crippen LogP contribution in [0.15, 0.2) is 48.5 Å². The summed E-state index contributed by atoms with van der Waals surface area (Å²) in [4.78, 5) is 0. The molecule has 0 aliphatic heterocycles. The molecule has 0 bridgehead atoms. The first-order valence-electron chi connectivity index (χ1n) is 13.8. The summed E-state index contributed by atoms with van der Waals surface area (Å²) >= 11 is 2.43. The number of hydrogen-bond donors (Lipinski definition) is 0. The highest BCUT2D eigenvalue weighted by Gasteiger charge is 2.27. The lowest BCUT2D eigenvalue weighted by atomic mass is 10.0. The predicted octanol–water partition coefficient (Wildman–Crippen LogP) is 10.2. The van der Waals surface area contributed by atoms with Crippen molar-refractivity contribution in [3.8, 4) is 0 Å². The molecule has 0 aromatic heterocycles. The first kappa shape index (κ1) is 38.6. The molecule has 39 heavy (non-hydrogen) atoms. The summed E-state index contributed by atoms with van der Waals surface area (Å²) in [5.74, 6) is 0.851. The largest absolute Gasteiger partial charge is 0.332 e. The zero-order valence-electron chi connectivity index (χ0n) is 25.4. The van der Waals surface area contributed by atoms with Crippen molar-refractivity contribution in [3.05, 3.63) is 70.8 Å². The summed E-state index contributed by atoms with van der Waals surface area (Å²) in [5.41, 5.74) is 5.20. The van der Waals surface area contributed by atoms with Gasteiger partial charge in [0.25, 0.3) is 0 Å². The van der Waals surface area contributed by atoms with E-state index in [0.29, 0.717) is 45.1 Å². The Kier molecular flexibility index (Phi) is 23.0. The number of aryl methyl sites for hydroxylation is 2. The maximum atomic E-state index is 12.4. The van der Waals surface area contributed by atoms with Crippen molar-refractivity contribution in [2.45, 2.75) is 74.1 Å². The Labute approximate surface area is 253 Å². The lowest BCUT2D eigenvalue weighted by Crippen LogP contribution is -2.06. The normalized spacial score (nSPS) is 12.7. The second kappa shape index (κ2) is 23.2. The van der Waals surface area contributed by atoms with E-state index in [1.54, 1.807) is 0 Å². The van der Waals surface area contributed by atoms with Gasteiger partial charge in [-0.1, -0.05) is 96.1 Å². The van der Waals surface area contributed by atoms with Gasteiger partial charge in [0.2, 0.25) is 0 Å². The molecule has 2 aromatic carbocycles. The Morgan fingerprint density at radius 2 is 1.13 bits per heavy atom. The Hall–Kier alpha value is -0.370. The van der Waals surface area contributed by atoms with Gasteiger partial charge in [-0.05, 0) is 71.4 Å². The number of benzene rings is 2. The standard InChI is InChI=1S/C14H23O3P.C10H13I.C6H15O3P/c1-5-16-18(15,17-6-2)11-13(4)14-9-7-8-12(3)10-14;1-8-4-3-5-10(6-8)9(2)7-11;1-4-7-10(8-5-2)9-6-3/h7-10,13H,5-6,11H2,1-4H3;3-6,9H,7H2,1-2H3;4-6H2,1-3H3/t13-;9-;/m00./s1. The van der Waals surface area contributed by atoms with Gasteiger partial charge < -0.3 is 22.6 Å². The number of halogens is 1. The van der Waals surface area contributed by atoms with E-state index in [4.69, 9.17) is 22.6 Å². The fourth-order valence-electron chi connectivity index (χ4n) is 3.45. The number of alkyl halides is 1. The monoisotopic (exact) mass is 696 g/mol. The second-order valence-electron chi connectivity index (χ2n) is 8.89. The Morgan fingerprint density at radius 3 is 1.46 bits per heavy atom. The molecule has 0 amide bonds. The molecule has 6 nitrogen and oxygen atoms in total. The van der Waals surface area contributed by atoms with Crippen LogP contribution in [-0.2, 0) is 27.2 Å². The third-order valence-corrected chi connectivity index (χ3v) is 10.3. The topological polar surface area (TPSA) is 63.2 Å². The van der Waals surface area contributed by atoms with Crippen molar-refractivity contribution >= 4 is 38.8 Å². The minimum absolute atomic E-state index is 0.161. The van der Waals surface area contributed by atoms with Crippen LogP contribution in [0, 0.1) is 13.8 Å². The molecule has 9 heteroatoms. The molecule has 2 atom stereocenters. The SMILES string of the molecule is CCOP(=O)(C[C@H](C)c1cccc(C)c1)OCC.CCOP(OCC)OCC.Cc1cccc([C@@H](C)CI)c1. The molecule has 0 heterocycles. The minimum atomic E-state index is -2.96. The molecule has 0 aliphatic rings. The molecule has 0 saturated carbocycles. The van der Waals surface area contributed by atoms with Crippen LogP contribution in [0.5, 0.6) is 0 Å². The van der Waals surface area contributed by atoms with Crippen LogP contribution >= 0.6 is 38.8 Å². The zero-order chi connectivity index (χ0) is 29.7. The van der Waals surface area contributed by atoms with E-state index < -0.39 is 16.2 Å². The highest BCUT2D eigenvalue weighted by Crippen LogP contribution is 2.51. The molecule has 0 aliphatic carbocycles. The van der Waals surface area contributed by atoms with Gasteiger partial charge in [0.1, 0.15) is 0 Å². The molecule has 0 N–H and O–H groups in total. The smallest absolute Gasteiger partial charge is 0.313 e. The average molecular weight is 697 g/mol. The van der Waals surface area contributed by atoms with Crippen molar-refractivity contribution in [2.75, 3.05) is 43.6 Å². The summed E-state index contributed by atoms with van der Waals surface area (Å²) in [6.45, 7) is 20.7. The quantitative estimate of drug-likeness (QED) is 0.105. The van der Waals surface area contributed by atoms with Crippen LogP contribution in [0.3, 0.4) is 0 Å². The average Bonchev–Trinajstić information content (AvgIpc) is 2.89. The van der Waals surface area contributed by atoms with Gasteiger partial charge in [-0.3, -0.25) is 4.57 Å². The van der Waals surface area contributed by atoms with Gasteiger partial charge in [0.05, 0.1) is 39.2 Å². The first-order chi connectivity index (χ1) is 18.6. The molecule has 0 radical (unpaired) electrons. The molecule has 0 unspecified atom stereocenters. The highest BCUT2D eigenvalue weighted by atomic mass is 127. The van der Waals surface area contributed by atoms with E-state index >= 15 is 0 Å². The maximum Gasteiger partial charge on any atom is 0.332 e. The van der Waals surface area contributed by atoms with E-state index in [1.165, 1.54) is 26.7 Å². The Bertz CT molecular complexity index is 906. The van der Waals surface area contributed by atoms with Gasteiger partial charge in [0.15, 0.2) is 0 Å². The van der Waals surface area contributed by atoms with Crippen LogP contribution in [-0.4, -0.2) is 43.6 Å². The van der Waals surface area contributed by atoms with Crippen molar-refractivity contribution in [1.82, 2.24) is 0 Å². The molecular formula is C30H51IO6P2. The fourth-order valence-corrected chi connectivity index (χ4v) is 6.77. The summed E-state index contributed by atoms with van der Waals surface area (Å²) in [7, 11) is -4.02. The third kappa shape index (κ3) is 17.9. The van der Waals surface area contributed by atoms with Crippen molar-refractivity contribution in [1.29, 1.82) is 0 Å². The molecule has 0 fully saturated rings. The molecule has 224 valence electrons. The number of rotatable bonds is 15. The third-order valence-electron chi connectivity index (χ3n) is 5.31. The van der Waals surface area contributed by atoms with Gasteiger partial charge in [-0.2, -0.15) is 0 Å². The van der Waals surface area contributed by atoms with Gasteiger partial charge in [-0.25, -0.2) is 0 Å². The van der Waals surface area contributed by atoms with Crippen LogP contribution in [0.1, 0.15) is 82.6 Å². The highest BCUT2D eigenvalue weighted by molar-refractivity contribution is 14.1. The summed E-state index contributed by atoms with van der Waals surface area (Å²) < 4.78 is 39.7. The molecular weight excluding hydrogens is 645 g/mol. The first-order valence-corrected chi connectivity index (χ1v) is 18.2. The van der Waals surface area contributed by atoms with Crippen molar-refractivity contribution in [3.63, 3.8) is 0 Å². The Balaban J connectivity index is 0.000000593. The fraction of sp³-hybridized carbons (Fsp3) is 0.600. The molecule has 0 spiro atoms. The second-order valence-corrected chi connectivity index (χ2v) is 13.1. The summed E-state index contributed by atoms with van der Waals surface area (Å²) in [6, 6.07) is 17.0. The van der Waals surface area contributed by atoms with E-state index in [1.807, 2.05) is 40.7 Å². The van der Waals surface area contributed by atoms with E-state index in [2.05, 4.69) is 92.8 Å². The van der Waals surface area contributed by atoms with Crippen molar-refractivity contribution < 1.29 is 27.2 Å². The van der Waals surface area contributed by atoms with E-state index in [9.17, 15) is 4.57 Å². The molecule has 2 rings (SSSR count). The van der Waals surface area contributed by atoms with Crippen LogP contribution in [0.4, 0.5) is 0 Å². The van der Waals surface area contributed by atoms with Crippen LogP contribution in [0.2, 0.25) is 0 Å². The van der Waals surface area contributed by atoms with Crippen molar-refractivity contribution in [2.24, 2.45) is 0 Å². The van der Waals surface area contributed by atoms with Crippen LogP contribution in [0.25, 0.3) is 0 Å². The lowest BCUT2D eigenvalue weighted by Gasteiger charge is -2.21. The van der Waals surface area contributed by atoms with E-state index in [-0.39, 0.29) is 5.92 Å². The molecule has 0 saturated heterocycles. The molecule has 2 aromatic rings. The number of hydrogen-bond acceptors (Lipinski definition) is 6. The maximum absolute atomic E-state index is 12.4. The predicted molar refractivity (Wildman–Crippen MR) is 176 cm³/mol. The summed E-state index contributed by atoms with van der Waals surface area (Å²) in [6.07, 6.45) is 0.429. The van der Waals surface area contributed by atoms with Gasteiger partial charge in [-0.15, -0.1) is 0 Å². The minimum Gasteiger partial charge on any atom is -0.313 e. The lowest BCUT2D eigenvalue weighted by molar-refractivity contribution is 0.176. The van der Waals surface area contributed by atoms with Crippen LogP contribution < -0.4 is 0 Å². The Morgan fingerprint density at radius 1 is 0.718 bits per heavy atom.